The second-order valence-corrected chi connectivity index (χ2v) is 6.52. The number of carbonyl (C=O) groups excluding carboxylic acids is 1. The molecule has 1 heterocycles. The van der Waals surface area contributed by atoms with Gasteiger partial charge in [-0.25, -0.2) is 0 Å². The molecule has 5 nitrogen and oxygen atoms in total. The summed E-state index contributed by atoms with van der Waals surface area (Å²) in [6.45, 7) is 9.00. The number of ether oxygens (including phenoxy) is 3. The molecule has 0 radical (unpaired) electrons. The molecule has 0 spiro atoms. The Labute approximate surface area is 144 Å². The van der Waals surface area contributed by atoms with Gasteiger partial charge in [0.2, 0.25) is 0 Å². The third-order valence-corrected chi connectivity index (χ3v) is 4.10. The van der Waals surface area contributed by atoms with Crippen molar-refractivity contribution >= 4 is 5.91 Å². The van der Waals surface area contributed by atoms with E-state index in [2.05, 4.69) is 13.8 Å². The van der Waals surface area contributed by atoms with E-state index in [4.69, 9.17) is 14.2 Å². The van der Waals surface area contributed by atoms with Crippen molar-refractivity contribution in [2.24, 2.45) is 5.92 Å². The van der Waals surface area contributed by atoms with E-state index in [0.29, 0.717) is 29.6 Å². The van der Waals surface area contributed by atoms with Gasteiger partial charge in [0, 0.05) is 25.3 Å². The summed E-state index contributed by atoms with van der Waals surface area (Å²) in [6, 6.07) is 5.35. The van der Waals surface area contributed by atoms with E-state index in [1.807, 2.05) is 11.8 Å². The first kappa shape index (κ1) is 18.6. The average Bonchev–Trinajstić information content (AvgIpc) is 2.60. The van der Waals surface area contributed by atoms with E-state index in [0.717, 1.165) is 32.5 Å². The van der Waals surface area contributed by atoms with Crippen LogP contribution in [0.15, 0.2) is 18.2 Å². The Morgan fingerprint density at radius 2 is 1.96 bits per heavy atom. The van der Waals surface area contributed by atoms with Crippen LogP contribution in [0.2, 0.25) is 0 Å². The van der Waals surface area contributed by atoms with Crippen LogP contribution in [0.25, 0.3) is 0 Å². The number of nitrogens with zero attached hydrogens (tertiary/aromatic N) is 1. The molecule has 1 amide bonds. The van der Waals surface area contributed by atoms with Gasteiger partial charge in [-0.05, 0) is 43.9 Å². The Kier molecular flexibility index (Phi) is 6.91. The van der Waals surface area contributed by atoms with E-state index in [9.17, 15) is 4.79 Å². The fourth-order valence-electron chi connectivity index (χ4n) is 2.81. The Morgan fingerprint density at radius 1 is 1.25 bits per heavy atom. The minimum absolute atomic E-state index is 0.0425. The number of likely N-dealkylation sites (tertiary alicyclic amines) is 1. The molecule has 1 fully saturated rings. The molecule has 2 rings (SSSR count). The van der Waals surface area contributed by atoms with E-state index in [1.165, 1.54) is 0 Å². The minimum Gasteiger partial charge on any atom is -0.493 e. The summed E-state index contributed by atoms with van der Waals surface area (Å²) in [7, 11) is 1.60. The molecule has 0 N–H and O–H groups in total. The van der Waals surface area contributed by atoms with E-state index >= 15 is 0 Å². The highest BCUT2D eigenvalue weighted by atomic mass is 16.5. The monoisotopic (exact) mass is 335 g/mol. The standard InChI is InChI=1S/C19H29NO4/c1-5-23-18-12-15(6-7-17(18)22-4)19(21)20-10-8-16(9-11-20)24-13-14(2)3/h6-7,12,14,16H,5,8-11,13H2,1-4H3. The van der Waals surface area contributed by atoms with Gasteiger partial charge in [-0.2, -0.15) is 0 Å². The normalized spacial score (nSPS) is 15.6. The molecule has 0 aromatic heterocycles. The molecule has 1 aromatic rings. The Morgan fingerprint density at radius 3 is 2.54 bits per heavy atom. The van der Waals surface area contributed by atoms with Crippen LogP contribution in [0.1, 0.15) is 44.0 Å². The summed E-state index contributed by atoms with van der Waals surface area (Å²) in [6.07, 6.45) is 2.06. The van der Waals surface area contributed by atoms with Crippen molar-refractivity contribution in [1.29, 1.82) is 0 Å². The molecule has 1 aliphatic heterocycles. The van der Waals surface area contributed by atoms with Gasteiger partial charge in [-0.1, -0.05) is 13.8 Å². The van der Waals surface area contributed by atoms with Gasteiger partial charge in [0.25, 0.3) is 5.91 Å². The third kappa shape index (κ3) is 4.87. The van der Waals surface area contributed by atoms with Gasteiger partial charge in [0.05, 0.1) is 19.8 Å². The maximum atomic E-state index is 12.7. The number of amides is 1. The minimum atomic E-state index is 0.0425. The SMILES string of the molecule is CCOc1cc(C(=O)N2CCC(OCC(C)C)CC2)ccc1OC. The van der Waals surface area contributed by atoms with E-state index < -0.39 is 0 Å². The van der Waals surface area contributed by atoms with Gasteiger partial charge in [-0.3, -0.25) is 4.79 Å². The second-order valence-electron chi connectivity index (χ2n) is 6.52. The van der Waals surface area contributed by atoms with Gasteiger partial charge >= 0.3 is 0 Å². The molecular formula is C19H29NO4. The van der Waals surface area contributed by atoms with Crippen LogP contribution in [0.5, 0.6) is 11.5 Å². The lowest BCUT2D eigenvalue weighted by atomic mass is 10.1. The summed E-state index contributed by atoms with van der Waals surface area (Å²) in [5.74, 6) is 1.84. The Bertz CT molecular complexity index is 536. The summed E-state index contributed by atoms with van der Waals surface area (Å²) >= 11 is 0. The van der Waals surface area contributed by atoms with E-state index in [-0.39, 0.29) is 12.0 Å². The quantitative estimate of drug-likeness (QED) is 0.766. The molecule has 0 aliphatic carbocycles. The first-order chi connectivity index (χ1) is 11.5. The zero-order valence-corrected chi connectivity index (χ0v) is 15.2. The zero-order chi connectivity index (χ0) is 17.5. The van der Waals surface area contributed by atoms with Crippen molar-refractivity contribution in [2.45, 2.75) is 39.7 Å². The van der Waals surface area contributed by atoms with Crippen molar-refractivity contribution in [1.82, 2.24) is 4.90 Å². The predicted octanol–water partition coefficient (Wildman–Crippen LogP) is 3.37. The second kappa shape index (κ2) is 8.92. The fraction of sp³-hybridized carbons (Fsp3) is 0.632. The van der Waals surface area contributed by atoms with Crippen LogP contribution in [0.3, 0.4) is 0 Å². The number of rotatable bonds is 7. The first-order valence-electron chi connectivity index (χ1n) is 8.76. The number of benzene rings is 1. The molecule has 1 saturated heterocycles. The summed E-state index contributed by atoms with van der Waals surface area (Å²) < 4.78 is 16.7. The molecule has 1 aliphatic rings. The molecule has 134 valence electrons. The Hall–Kier alpha value is -1.75. The molecule has 0 unspecified atom stereocenters. The molecule has 1 aromatic carbocycles. The van der Waals surface area contributed by atoms with Crippen molar-refractivity contribution < 1.29 is 19.0 Å². The van der Waals surface area contributed by atoms with Crippen molar-refractivity contribution in [3.05, 3.63) is 23.8 Å². The van der Waals surface area contributed by atoms with Crippen LogP contribution in [-0.2, 0) is 4.74 Å². The molecular weight excluding hydrogens is 306 g/mol. The largest absolute Gasteiger partial charge is 0.493 e. The molecule has 0 saturated carbocycles. The number of hydrogen-bond donors (Lipinski definition) is 0. The molecule has 0 bridgehead atoms. The fourth-order valence-corrected chi connectivity index (χ4v) is 2.81. The van der Waals surface area contributed by atoms with Gasteiger partial charge in [0.15, 0.2) is 11.5 Å². The smallest absolute Gasteiger partial charge is 0.253 e. The highest BCUT2D eigenvalue weighted by Crippen LogP contribution is 2.29. The Balaban J connectivity index is 1.96. The number of piperidine rings is 1. The predicted molar refractivity (Wildman–Crippen MR) is 93.9 cm³/mol. The third-order valence-electron chi connectivity index (χ3n) is 4.10. The highest BCUT2D eigenvalue weighted by molar-refractivity contribution is 5.95. The maximum Gasteiger partial charge on any atom is 0.253 e. The lowest BCUT2D eigenvalue weighted by Crippen LogP contribution is -2.41. The lowest BCUT2D eigenvalue weighted by molar-refractivity contribution is -0.00231. The van der Waals surface area contributed by atoms with E-state index in [1.54, 1.807) is 25.3 Å². The number of methoxy groups -OCH3 is 1. The van der Waals surface area contributed by atoms with Crippen molar-refractivity contribution in [3.8, 4) is 11.5 Å². The van der Waals surface area contributed by atoms with Crippen LogP contribution in [-0.4, -0.2) is 50.3 Å². The van der Waals surface area contributed by atoms with Crippen LogP contribution >= 0.6 is 0 Å². The zero-order valence-electron chi connectivity index (χ0n) is 15.2. The maximum absolute atomic E-state index is 12.7. The van der Waals surface area contributed by atoms with Crippen LogP contribution in [0, 0.1) is 5.92 Å². The summed E-state index contributed by atoms with van der Waals surface area (Å²) in [5, 5.41) is 0. The van der Waals surface area contributed by atoms with Crippen LogP contribution in [0.4, 0.5) is 0 Å². The first-order valence-corrected chi connectivity index (χ1v) is 8.76. The molecule has 5 heteroatoms. The number of hydrogen-bond acceptors (Lipinski definition) is 4. The van der Waals surface area contributed by atoms with Crippen molar-refractivity contribution in [3.63, 3.8) is 0 Å². The average molecular weight is 335 g/mol. The van der Waals surface area contributed by atoms with Crippen molar-refractivity contribution in [2.75, 3.05) is 33.4 Å². The van der Waals surface area contributed by atoms with Crippen LogP contribution < -0.4 is 9.47 Å². The number of carbonyl (C=O) groups is 1. The summed E-state index contributed by atoms with van der Waals surface area (Å²) in [5.41, 5.74) is 0.640. The van der Waals surface area contributed by atoms with Gasteiger partial charge < -0.3 is 19.1 Å². The lowest BCUT2D eigenvalue weighted by Gasteiger charge is -2.32. The van der Waals surface area contributed by atoms with Gasteiger partial charge in [0.1, 0.15) is 0 Å². The molecule has 24 heavy (non-hydrogen) atoms. The topological polar surface area (TPSA) is 48.0 Å². The van der Waals surface area contributed by atoms with Gasteiger partial charge in [-0.15, -0.1) is 0 Å². The summed E-state index contributed by atoms with van der Waals surface area (Å²) in [4.78, 5) is 14.6. The highest BCUT2D eigenvalue weighted by Gasteiger charge is 2.24. The molecule has 0 atom stereocenters.